The highest BCUT2D eigenvalue weighted by Gasteiger charge is 2.14. The van der Waals surface area contributed by atoms with E-state index in [4.69, 9.17) is 17.3 Å². The minimum Gasteiger partial charge on any atom is -0.327 e. The van der Waals surface area contributed by atoms with Crippen molar-refractivity contribution in [1.82, 2.24) is 9.78 Å². The molecule has 1 heterocycles. The Labute approximate surface area is 125 Å². The van der Waals surface area contributed by atoms with E-state index in [1.54, 1.807) is 0 Å². The van der Waals surface area contributed by atoms with Gasteiger partial charge in [-0.2, -0.15) is 5.10 Å². The van der Waals surface area contributed by atoms with Crippen molar-refractivity contribution >= 4 is 11.6 Å². The van der Waals surface area contributed by atoms with Gasteiger partial charge in [-0.1, -0.05) is 41.9 Å². The maximum Gasteiger partial charge on any atom is 0.0847 e. The summed E-state index contributed by atoms with van der Waals surface area (Å²) in [6, 6.07) is 10.6. The summed E-state index contributed by atoms with van der Waals surface area (Å²) in [5.41, 5.74) is 9.50. The SMILES string of the molecule is Cc1nn(C)c(CC(N)CCCc2ccccc2)c1Cl. The molecule has 0 saturated carbocycles. The fourth-order valence-electron chi connectivity index (χ4n) is 2.47. The predicted octanol–water partition coefficient (Wildman–Crippen LogP) is 3.27. The first-order valence-electron chi connectivity index (χ1n) is 7.05. The average molecular weight is 292 g/mol. The first kappa shape index (κ1) is 15.1. The van der Waals surface area contributed by atoms with E-state index >= 15 is 0 Å². The molecule has 0 saturated heterocycles. The maximum absolute atomic E-state index is 6.25. The minimum absolute atomic E-state index is 0.131. The van der Waals surface area contributed by atoms with Crippen LogP contribution in [0.25, 0.3) is 0 Å². The highest BCUT2D eigenvalue weighted by molar-refractivity contribution is 6.31. The second-order valence-corrected chi connectivity index (χ2v) is 5.69. The van der Waals surface area contributed by atoms with Gasteiger partial charge < -0.3 is 5.73 Å². The Morgan fingerprint density at radius 2 is 2.00 bits per heavy atom. The Balaban J connectivity index is 1.82. The molecule has 20 heavy (non-hydrogen) atoms. The predicted molar refractivity (Wildman–Crippen MR) is 84.0 cm³/mol. The van der Waals surface area contributed by atoms with Crippen molar-refractivity contribution < 1.29 is 0 Å². The second kappa shape index (κ2) is 6.91. The number of aromatic nitrogens is 2. The summed E-state index contributed by atoms with van der Waals surface area (Å²) in [7, 11) is 1.92. The standard InChI is InChI=1S/C16H22ClN3/c1-12-16(17)15(20(2)19-12)11-14(18)10-6-9-13-7-4-3-5-8-13/h3-5,7-8,14H,6,9-11,18H2,1-2H3. The smallest absolute Gasteiger partial charge is 0.0847 e. The molecule has 4 heteroatoms. The number of hydrogen-bond donors (Lipinski definition) is 1. The van der Waals surface area contributed by atoms with Crippen LogP contribution in [0, 0.1) is 6.92 Å². The van der Waals surface area contributed by atoms with Gasteiger partial charge in [0.1, 0.15) is 0 Å². The molecule has 1 aromatic heterocycles. The van der Waals surface area contributed by atoms with Crippen LogP contribution in [-0.2, 0) is 19.9 Å². The topological polar surface area (TPSA) is 43.8 Å². The summed E-state index contributed by atoms with van der Waals surface area (Å²) in [5.74, 6) is 0. The Hall–Kier alpha value is -1.32. The lowest BCUT2D eigenvalue weighted by Crippen LogP contribution is -2.24. The number of nitrogens with two attached hydrogens (primary N) is 1. The molecule has 2 N–H and O–H groups in total. The molecule has 1 aromatic carbocycles. The van der Waals surface area contributed by atoms with E-state index in [-0.39, 0.29) is 6.04 Å². The Bertz CT molecular complexity index is 548. The summed E-state index contributed by atoms with van der Waals surface area (Å²) in [6.45, 7) is 1.92. The molecule has 108 valence electrons. The van der Waals surface area contributed by atoms with Gasteiger partial charge in [0.25, 0.3) is 0 Å². The zero-order valence-corrected chi connectivity index (χ0v) is 12.9. The summed E-state index contributed by atoms with van der Waals surface area (Å²) < 4.78 is 1.84. The first-order chi connectivity index (χ1) is 9.58. The lowest BCUT2D eigenvalue weighted by atomic mass is 10.0. The van der Waals surface area contributed by atoms with Gasteiger partial charge in [-0.25, -0.2) is 0 Å². The van der Waals surface area contributed by atoms with E-state index in [2.05, 4.69) is 29.4 Å². The zero-order valence-electron chi connectivity index (χ0n) is 12.1. The molecule has 1 unspecified atom stereocenters. The molecule has 0 bridgehead atoms. The van der Waals surface area contributed by atoms with Crippen LogP contribution >= 0.6 is 11.6 Å². The normalized spacial score (nSPS) is 12.6. The van der Waals surface area contributed by atoms with E-state index in [0.717, 1.165) is 42.1 Å². The van der Waals surface area contributed by atoms with E-state index < -0.39 is 0 Å². The molecule has 2 rings (SSSR count). The highest BCUT2D eigenvalue weighted by atomic mass is 35.5. The van der Waals surface area contributed by atoms with E-state index in [0.29, 0.717) is 0 Å². The van der Waals surface area contributed by atoms with Crippen molar-refractivity contribution in [3.05, 3.63) is 52.3 Å². The van der Waals surface area contributed by atoms with E-state index in [1.807, 2.05) is 24.7 Å². The number of hydrogen-bond acceptors (Lipinski definition) is 2. The number of aryl methyl sites for hydroxylation is 3. The van der Waals surface area contributed by atoms with Crippen LogP contribution in [0.15, 0.2) is 30.3 Å². The molecule has 0 aliphatic carbocycles. The molecule has 0 aliphatic heterocycles. The molecule has 0 aliphatic rings. The van der Waals surface area contributed by atoms with Crippen LogP contribution in [0.4, 0.5) is 0 Å². The fraction of sp³-hybridized carbons (Fsp3) is 0.438. The van der Waals surface area contributed by atoms with Crippen LogP contribution in [0.1, 0.15) is 29.8 Å². The van der Waals surface area contributed by atoms with E-state index in [1.165, 1.54) is 5.56 Å². The highest BCUT2D eigenvalue weighted by Crippen LogP contribution is 2.21. The van der Waals surface area contributed by atoms with Gasteiger partial charge in [0.05, 0.1) is 16.4 Å². The third-order valence-electron chi connectivity index (χ3n) is 3.60. The van der Waals surface area contributed by atoms with Crippen molar-refractivity contribution in [1.29, 1.82) is 0 Å². The van der Waals surface area contributed by atoms with Crippen LogP contribution in [0.3, 0.4) is 0 Å². The lowest BCUT2D eigenvalue weighted by molar-refractivity contribution is 0.556. The monoisotopic (exact) mass is 291 g/mol. The molecule has 0 radical (unpaired) electrons. The molecular weight excluding hydrogens is 270 g/mol. The van der Waals surface area contributed by atoms with Crippen LogP contribution < -0.4 is 5.73 Å². The number of benzene rings is 1. The summed E-state index contributed by atoms with van der Waals surface area (Å²) in [6.07, 6.45) is 3.95. The summed E-state index contributed by atoms with van der Waals surface area (Å²) >= 11 is 6.25. The molecule has 3 nitrogen and oxygen atoms in total. The number of rotatable bonds is 6. The molecule has 0 spiro atoms. The summed E-state index contributed by atoms with van der Waals surface area (Å²) in [4.78, 5) is 0. The van der Waals surface area contributed by atoms with Gasteiger partial charge in [-0.05, 0) is 31.7 Å². The lowest BCUT2D eigenvalue weighted by Gasteiger charge is -2.12. The van der Waals surface area contributed by atoms with Crippen molar-refractivity contribution in [3.63, 3.8) is 0 Å². The van der Waals surface area contributed by atoms with Crippen molar-refractivity contribution in [2.75, 3.05) is 0 Å². The van der Waals surface area contributed by atoms with Gasteiger partial charge in [-0.15, -0.1) is 0 Å². The van der Waals surface area contributed by atoms with Crippen LogP contribution in [0.5, 0.6) is 0 Å². The van der Waals surface area contributed by atoms with Gasteiger partial charge in [-0.3, -0.25) is 4.68 Å². The average Bonchev–Trinajstić information content (AvgIpc) is 2.67. The minimum atomic E-state index is 0.131. The third kappa shape index (κ3) is 3.84. The first-order valence-corrected chi connectivity index (χ1v) is 7.43. The number of halogens is 1. The van der Waals surface area contributed by atoms with Crippen molar-refractivity contribution in [2.45, 2.75) is 38.6 Å². The van der Waals surface area contributed by atoms with E-state index in [9.17, 15) is 0 Å². The Morgan fingerprint density at radius 1 is 1.30 bits per heavy atom. The Morgan fingerprint density at radius 3 is 2.60 bits per heavy atom. The van der Waals surface area contributed by atoms with Gasteiger partial charge in [0, 0.05) is 19.5 Å². The molecule has 0 amide bonds. The Kier molecular flexibility index (Phi) is 5.21. The zero-order chi connectivity index (χ0) is 14.5. The van der Waals surface area contributed by atoms with Crippen LogP contribution in [-0.4, -0.2) is 15.8 Å². The maximum atomic E-state index is 6.25. The van der Waals surface area contributed by atoms with Crippen molar-refractivity contribution in [3.8, 4) is 0 Å². The fourth-order valence-corrected chi connectivity index (χ4v) is 2.70. The number of nitrogens with zero attached hydrogens (tertiary/aromatic N) is 2. The molecular formula is C16H22ClN3. The summed E-state index contributed by atoms with van der Waals surface area (Å²) in [5, 5.41) is 5.08. The molecule has 1 atom stereocenters. The van der Waals surface area contributed by atoms with Gasteiger partial charge in [0.2, 0.25) is 0 Å². The quantitative estimate of drug-likeness (QED) is 0.888. The largest absolute Gasteiger partial charge is 0.327 e. The van der Waals surface area contributed by atoms with Crippen molar-refractivity contribution in [2.24, 2.45) is 12.8 Å². The molecule has 2 aromatic rings. The van der Waals surface area contributed by atoms with Crippen LogP contribution in [0.2, 0.25) is 5.02 Å². The second-order valence-electron chi connectivity index (χ2n) is 5.31. The van der Waals surface area contributed by atoms with Gasteiger partial charge in [0.15, 0.2) is 0 Å². The van der Waals surface area contributed by atoms with Gasteiger partial charge >= 0.3 is 0 Å². The molecule has 0 fully saturated rings. The third-order valence-corrected chi connectivity index (χ3v) is 4.09.